The molecule has 4 nitrogen and oxygen atoms in total. The Morgan fingerprint density at radius 2 is 1.72 bits per heavy atom. The Kier molecular flexibility index (Phi) is 7.67. The summed E-state index contributed by atoms with van der Waals surface area (Å²) in [5.41, 5.74) is 0.224. The fraction of sp³-hybridized carbons (Fsp3) is 0.462. The number of allylic oxidation sites excluding steroid dienone is 2. The van der Waals surface area contributed by atoms with Gasteiger partial charge in [-0.15, -0.1) is 0 Å². The summed E-state index contributed by atoms with van der Waals surface area (Å²) >= 11 is 0. The first-order valence-corrected chi connectivity index (χ1v) is 5.63. The van der Waals surface area contributed by atoms with E-state index in [2.05, 4.69) is 0 Å². The molecule has 18 heavy (non-hydrogen) atoms. The highest BCUT2D eigenvalue weighted by atomic mass is 19.1. The second kappa shape index (κ2) is 8.44. The number of carboxylic acid groups (broad SMARTS) is 2. The van der Waals surface area contributed by atoms with Crippen molar-refractivity contribution in [1.82, 2.24) is 0 Å². The van der Waals surface area contributed by atoms with Gasteiger partial charge in [0.2, 0.25) is 0 Å². The second-order valence-corrected chi connectivity index (χ2v) is 3.99. The Hall–Kier alpha value is -1.65. The predicted molar refractivity (Wildman–Crippen MR) is 65.8 cm³/mol. The third-order valence-corrected chi connectivity index (χ3v) is 2.32. The van der Waals surface area contributed by atoms with Gasteiger partial charge in [0.15, 0.2) is 0 Å². The maximum Gasteiger partial charge on any atom is 0.331 e. The van der Waals surface area contributed by atoms with Crippen molar-refractivity contribution in [1.29, 1.82) is 0 Å². The quantitative estimate of drug-likeness (QED) is 0.518. The van der Waals surface area contributed by atoms with Gasteiger partial charge >= 0.3 is 11.9 Å². The molecule has 0 aromatic rings. The van der Waals surface area contributed by atoms with E-state index in [4.69, 9.17) is 10.2 Å². The monoisotopic (exact) mass is 257 g/mol. The number of aliphatic carboxylic acids is 2. The molecule has 0 bridgehead atoms. The van der Waals surface area contributed by atoms with Crippen LogP contribution in [0.15, 0.2) is 23.3 Å². The molecule has 0 amide bonds. The molecule has 101 valence electrons. The second-order valence-electron chi connectivity index (χ2n) is 3.99. The Morgan fingerprint density at radius 1 is 1.17 bits per heavy atom. The molecular weight excluding hydrogens is 239 g/mol. The molecule has 1 radical (unpaired) electrons. The lowest BCUT2D eigenvalue weighted by atomic mass is 10.1. The average Bonchev–Trinajstić information content (AvgIpc) is 2.27. The van der Waals surface area contributed by atoms with Crippen LogP contribution in [0, 0.1) is 6.42 Å². The first-order chi connectivity index (χ1) is 8.34. The van der Waals surface area contributed by atoms with Crippen LogP contribution in [-0.4, -0.2) is 28.3 Å². The van der Waals surface area contributed by atoms with Gasteiger partial charge in [0.1, 0.15) is 6.17 Å². The van der Waals surface area contributed by atoms with Gasteiger partial charge in [-0.2, -0.15) is 0 Å². The molecule has 0 rings (SSSR count). The number of alkyl halides is 1. The maximum absolute atomic E-state index is 13.3. The van der Waals surface area contributed by atoms with E-state index < -0.39 is 18.1 Å². The first kappa shape index (κ1) is 16.4. The van der Waals surface area contributed by atoms with Crippen molar-refractivity contribution in [2.24, 2.45) is 0 Å². The molecule has 0 aromatic heterocycles. The summed E-state index contributed by atoms with van der Waals surface area (Å²) in [6, 6.07) is 0. The van der Waals surface area contributed by atoms with E-state index in [9.17, 15) is 14.0 Å². The van der Waals surface area contributed by atoms with Crippen molar-refractivity contribution in [2.75, 3.05) is 0 Å². The molecule has 0 fully saturated rings. The van der Waals surface area contributed by atoms with Crippen LogP contribution in [0.25, 0.3) is 0 Å². The number of rotatable bonds is 8. The summed E-state index contributed by atoms with van der Waals surface area (Å²) in [5.74, 6) is -2.10. The number of halogens is 1. The molecule has 1 unspecified atom stereocenters. The fourth-order valence-electron chi connectivity index (χ4n) is 1.19. The highest BCUT2D eigenvalue weighted by Crippen LogP contribution is 2.11. The number of hydrogen-bond donors (Lipinski definition) is 2. The lowest BCUT2D eigenvalue weighted by Crippen LogP contribution is -2.02. The lowest BCUT2D eigenvalue weighted by molar-refractivity contribution is -0.133. The molecule has 5 heteroatoms. The normalized spacial score (nSPS) is 14.4. The van der Waals surface area contributed by atoms with Gasteiger partial charge in [0.25, 0.3) is 0 Å². The number of carboxylic acids is 2. The number of unbranched alkanes of at least 4 members (excludes halogenated alkanes) is 2. The van der Waals surface area contributed by atoms with E-state index in [1.54, 1.807) is 6.42 Å². The number of hydrogen-bond acceptors (Lipinski definition) is 2. The van der Waals surface area contributed by atoms with Gasteiger partial charge in [0.05, 0.1) is 0 Å². The minimum absolute atomic E-state index is 0.00639. The van der Waals surface area contributed by atoms with E-state index in [1.807, 2.05) is 0 Å². The largest absolute Gasteiger partial charge is 0.478 e. The molecule has 0 saturated carbocycles. The molecule has 0 spiro atoms. The van der Waals surface area contributed by atoms with Crippen molar-refractivity contribution in [3.05, 3.63) is 29.7 Å². The molecule has 0 aliphatic rings. The van der Waals surface area contributed by atoms with Crippen LogP contribution < -0.4 is 0 Å². The van der Waals surface area contributed by atoms with E-state index >= 15 is 0 Å². The smallest absolute Gasteiger partial charge is 0.331 e. The van der Waals surface area contributed by atoms with E-state index in [0.29, 0.717) is 12.8 Å². The Morgan fingerprint density at radius 3 is 2.22 bits per heavy atom. The van der Waals surface area contributed by atoms with Gasteiger partial charge in [-0.05, 0) is 45.6 Å². The van der Waals surface area contributed by atoms with Crippen molar-refractivity contribution in [2.45, 2.75) is 39.3 Å². The fourth-order valence-corrected chi connectivity index (χ4v) is 1.19. The Labute approximate surface area is 106 Å². The zero-order valence-electron chi connectivity index (χ0n) is 10.5. The molecule has 0 aliphatic heterocycles. The van der Waals surface area contributed by atoms with Gasteiger partial charge in [-0.3, -0.25) is 0 Å². The summed E-state index contributed by atoms with van der Waals surface area (Å²) in [6.07, 6.45) is 4.28. The zero-order valence-corrected chi connectivity index (χ0v) is 10.5. The van der Waals surface area contributed by atoms with Crippen molar-refractivity contribution in [3.8, 4) is 0 Å². The van der Waals surface area contributed by atoms with Crippen LogP contribution >= 0.6 is 0 Å². The van der Waals surface area contributed by atoms with Gasteiger partial charge in [-0.1, -0.05) is 6.08 Å². The summed E-state index contributed by atoms with van der Waals surface area (Å²) in [4.78, 5) is 20.9. The van der Waals surface area contributed by atoms with E-state index in [0.717, 1.165) is 6.08 Å². The Balaban J connectivity index is 3.86. The van der Waals surface area contributed by atoms with E-state index in [1.165, 1.54) is 19.9 Å². The summed E-state index contributed by atoms with van der Waals surface area (Å²) < 4.78 is 13.3. The van der Waals surface area contributed by atoms with Crippen LogP contribution in [0.4, 0.5) is 4.39 Å². The SMILES string of the molecule is CC(=C[CH]CCCC(F)C=C(C)C(=O)O)C(=O)O. The van der Waals surface area contributed by atoms with Crippen molar-refractivity contribution < 1.29 is 24.2 Å². The summed E-state index contributed by atoms with van der Waals surface area (Å²) in [7, 11) is 0. The van der Waals surface area contributed by atoms with Crippen molar-refractivity contribution in [3.63, 3.8) is 0 Å². The zero-order chi connectivity index (χ0) is 14.1. The Bertz CT molecular complexity index is 358. The van der Waals surface area contributed by atoms with Crippen LogP contribution in [-0.2, 0) is 9.59 Å². The third kappa shape index (κ3) is 7.60. The lowest BCUT2D eigenvalue weighted by Gasteiger charge is -2.03. The van der Waals surface area contributed by atoms with Crippen LogP contribution in [0.5, 0.6) is 0 Å². The summed E-state index contributed by atoms with van der Waals surface area (Å²) in [5, 5.41) is 17.1. The van der Waals surface area contributed by atoms with Crippen LogP contribution in [0.2, 0.25) is 0 Å². The molecule has 0 saturated heterocycles. The molecule has 2 N–H and O–H groups in total. The molecule has 1 atom stereocenters. The highest BCUT2D eigenvalue weighted by molar-refractivity contribution is 5.86. The van der Waals surface area contributed by atoms with Gasteiger partial charge in [0, 0.05) is 11.1 Å². The minimum Gasteiger partial charge on any atom is -0.478 e. The highest BCUT2D eigenvalue weighted by Gasteiger charge is 2.07. The molecular formula is C13H18FO4. The van der Waals surface area contributed by atoms with E-state index in [-0.39, 0.29) is 17.6 Å². The minimum atomic E-state index is -1.28. The van der Waals surface area contributed by atoms with Crippen molar-refractivity contribution >= 4 is 11.9 Å². The molecule has 0 aromatic carbocycles. The molecule has 0 heterocycles. The van der Waals surface area contributed by atoms with Crippen LogP contribution in [0.1, 0.15) is 33.1 Å². The standard InChI is InChI=1S/C13H18FO4/c1-9(12(15)16)6-4-3-5-7-11(14)8-10(2)13(17)18/h4,6,8,11H,3,5,7H2,1-2H3,(H,15,16)(H,17,18). The average molecular weight is 257 g/mol. The topological polar surface area (TPSA) is 74.6 Å². The third-order valence-electron chi connectivity index (χ3n) is 2.32. The van der Waals surface area contributed by atoms with Crippen LogP contribution in [0.3, 0.4) is 0 Å². The maximum atomic E-state index is 13.3. The van der Waals surface area contributed by atoms with Gasteiger partial charge in [-0.25, -0.2) is 14.0 Å². The number of carbonyl (C=O) groups is 2. The predicted octanol–water partition coefficient (Wildman–Crippen LogP) is 2.76. The summed E-state index contributed by atoms with van der Waals surface area (Å²) in [6.45, 7) is 2.83. The first-order valence-electron chi connectivity index (χ1n) is 5.63. The van der Waals surface area contributed by atoms with Gasteiger partial charge < -0.3 is 10.2 Å². The molecule has 0 aliphatic carbocycles.